The van der Waals surface area contributed by atoms with Crippen molar-refractivity contribution in [3.63, 3.8) is 0 Å². The number of rotatable bonds is 3. The van der Waals surface area contributed by atoms with Gasteiger partial charge in [-0.1, -0.05) is 23.8 Å². The molecule has 0 saturated carbocycles. The van der Waals surface area contributed by atoms with E-state index in [4.69, 9.17) is 4.74 Å². The van der Waals surface area contributed by atoms with E-state index in [0.717, 1.165) is 22.3 Å². The number of hydrogen-bond acceptors (Lipinski definition) is 2. The van der Waals surface area contributed by atoms with Crippen molar-refractivity contribution in [2.45, 2.75) is 33.4 Å². The Kier molecular flexibility index (Phi) is 5.28. The fourth-order valence-corrected chi connectivity index (χ4v) is 3.92. The number of H-pyrrole nitrogens is 1. The Labute approximate surface area is 169 Å². The van der Waals surface area contributed by atoms with Crippen LogP contribution >= 0.6 is 0 Å². The summed E-state index contributed by atoms with van der Waals surface area (Å²) >= 11 is 0. The molecule has 1 fully saturated rings. The second-order valence-electron chi connectivity index (χ2n) is 7.74. The lowest BCUT2D eigenvalue weighted by atomic mass is 10.0. The summed E-state index contributed by atoms with van der Waals surface area (Å²) in [4.78, 5) is 18.0. The number of morpholine rings is 1. The van der Waals surface area contributed by atoms with E-state index in [1.54, 1.807) is 17.0 Å². The molecule has 0 aliphatic carbocycles. The number of carbonyl (C=O) groups excluding carboxylic acids is 1. The summed E-state index contributed by atoms with van der Waals surface area (Å²) in [5.74, 6) is -0.279. The summed E-state index contributed by atoms with van der Waals surface area (Å²) in [5, 5.41) is 4.25. The number of aryl methyl sites for hydroxylation is 3. The van der Waals surface area contributed by atoms with Crippen molar-refractivity contribution in [1.29, 1.82) is 0 Å². The zero-order valence-electron chi connectivity index (χ0n) is 17.0. The van der Waals surface area contributed by atoms with E-state index in [0.29, 0.717) is 26.2 Å². The molecule has 1 atom stereocenters. The van der Waals surface area contributed by atoms with Crippen LogP contribution in [0, 0.1) is 26.6 Å². The number of ether oxygens (including phenoxy) is 1. The Balaban J connectivity index is 1.45. The summed E-state index contributed by atoms with van der Waals surface area (Å²) in [6, 6.07) is 10.4. The standard InChI is InChI=1S/C23H26FN3O2/c1-14-10-18(22-20(11-14)15(2)16(3)26-22)12-25-23(28)27-8-9-29-21(13-27)17-4-6-19(24)7-5-17/h4-7,10-11,21,26H,8-9,12-13H2,1-3H3,(H,25,28). The summed E-state index contributed by atoms with van der Waals surface area (Å²) in [5.41, 5.74) is 6.60. The quantitative estimate of drug-likeness (QED) is 0.685. The summed E-state index contributed by atoms with van der Waals surface area (Å²) in [6.45, 7) is 8.14. The summed E-state index contributed by atoms with van der Waals surface area (Å²) in [7, 11) is 0. The van der Waals surface area contributed by atoms with Crippen molar-refractivity contribution in [3.8, 4) is 0 Å². The molecule has 0 spiro atoms. The molecule has 0 bridgehead atoms. The number of nitrogens with one attached hydrogen (secondary N) is 2. The molecule has 2 amide bonds. The fraction of sp³-hybridized carbons (Fsp3) is 0.348. The molecule has 2 heterocycles. The van der Waals surface area contributed by atoms with Gasteiger partial charge >= 0.3 is 6.03 Å². The molecule has 152 valence electrons. The van der Waals surface area contributed by atoms with Crippen LogP contribution in [0.3, 0.4) is 0 Å². The second kappa shape index (κ2) is 7.87. The number of amides is 2. The van der Waals surface area contributed by atoms with E-state index >= 15 is 0 Å². The molecule has 6 heteroatoms. The molecule has 2 N–H and O–H groups in total. The Morgan fingerprint density at radius 3 is 2.76 bits per heavy atom. The highest BCUT2D eigenvalue weighted by Gasteiger charge is 2.25. The average Bonchev–Trinajstić information content (AvgIpc) is 3.01. The third-order valence-electron chi connectivity index (χ3n) is 5.67. The third-order valence-corrected chi connectivity index (χ3v) is 5.67. The average molecular weight is 395 g/mol. The van der Waals surface area contributed by atoms with Crippen LogP contribution in [-0.4, -0.2) is 35.6 Å². The Morgan fingerprint density at radius 1 is 1.24 bits per heavy atom. The predicted molar refractivity (Wildman–Crippen MR) is 111 cm³/mol. The van der Waals surface area contributed by atoms with Gasteiger partial charge in [0.15, 0.2) is 0 Å². The number of halogens is 1. The number of aromatic amines is 1. The first-order valence-corrected chi connectivity index (χ1v) is 9.90. The van der Waals surface area contributed by atoms with Crippen molar-refractivity contribution in [2.24, 2.45) is 0 Å². The lowest BCUT2D eigenvalue weighted by Gasteiger charge is -2.33. The van der Waals surface area contributed by atoms with Gasteiger partial charge in [0.25, 0.3) is 0 Å². The van der Waals surface area contributed by atoms with E-state index in [9.17, 15) is 9.18 Å². The van der Waals surface area contributed by atoms with Gasteiger partial charge in [-0.05, 0) is 55.7 Å². The smallest absolute Gasteiger partial charge is 0.317 e. The monoisotopic (exact) mass is 395 g/mol. The van der Waals surface area contributed by atoms with Crippen LogP contribution in [0.25, 0.3) is 10.9 Å². The highest BCUT2D eigenvalue weighted by Crippen LogP contribution is 2.26. The van der Waals surface area contributed by atoms with E-state index < -0.39 is 0 Å². The van der Waals surface area contributed by atoms with Crippen LogP contribution in [0.1, 0.15) is 34.1 Å². The highest BCUT2D eigenvalue weighted by molar-refractivity contribution is 5.88. The van der Waals surface area contributed by atoms with Gasteiger partial charge in [0, 0.05) is 24.2 Å². The van der Waals surface area contributed by atoms with E-state index in [-0.39, 0.29) is 18.0 Å². The van der Waals surface area contributed by atoms with Crippen LogP contribution in [0.5, 0.6) is 0 Å². The van der Waals surface area contributed by atoms with Crippen molar-refractivity contribution in [2.75, 3.05) is 19.7 Å². The number of nitrogens with zero attached hydrogens (tertiary/aromatic N) is 1. The maximum atomic E-state index is 13.2. The summed E-state index contributed by atoms with van der Waals surface area (Å²) in [6.07, 6.45) is -0.241. The minimum Gasteiger partial charge on any atom is -0.370 e. The molecule has 3 aromatic rings. The maximum absolute atomic E-state index is 13.2. The van der Waals surface area contributed by atoms with Gasteiger partial charge in [-0.3, -0.25) is 0 Å². The van der Waals surface area contributed by atoms with E-state index in [1.807, 2.05) is 0 Å². The molecule has 5 nitrogen and oxygen atoms in total. The number of urea groups is 1. The van der Waals surface area contributed by atoms with Crippen LogP contribution in [0.15, 0.2) is 36.4 Å². The van der Waals surface area contributed by atoms with Crippen molar-refractivity contribution >= 4 is 16.9 Å². The van der Waals surface area contributed by atoms with Gasteiger partial charge in [-0.15, -0.1) is 0 Å². The fourth-order valence-electron chi connectivity index (χ4n) is 3.92. The minimum absolute atomic E-state index is 0.116. The second-order valence-corrected chi connectivity index (χ2v) is 7.74. The predicted octanol–water partition coefficient (Wildman–Crippen LogP) is 4.52. The van der Waals surface area contributed by atoms with Crippen LogP contribution in [0.2, 0.25) is 0 Å². The van der Waals surface area contributed by atoms with Gasteiger partial charge in [0.1, 0.15) is 11.9 Å². The number of carbonyl (C=O) groups is 1. The molecule has 0 radical (unpaired) electrons. The molecule has 2 aromatic carbocycles. The first-order valence-electron chi connectivity index (χ1n) is 9.90. The molecule has 4 rings (SSSR count). The molecule has 29 heavy (non-hydrogen) atoms. The Hall–Kier alpha value is -2.86. The molecular formula is C23H26FN3O2. The van der Waals surface area contributed by atoms with Gasteiger partial charge in [0.05, 0.1) is 18.7 Å². The first kappa shape index (κ1) is 19.5. The largest absolute Gasteiger partial charge is 0.370 e. The summed E-state index contributed by atoms with van der Waals surface area (Å²) < 4.78 is 19.0. The van der Waals surface area contributed by atoms with Crippen LogP contribution < -0.4 is 5.32 Å². The molecule has 1 aromatic heterocycles. The van der Waals surface area contributed by atoms with Crippen molar-refractivity contribution in [3.05, 3.63) is 70.2 Å². The van der Waals surface area contributed by atoms with Gasteiger partial charge in [0.2, 0.25) is 0 Å². The molecular weight excluding hydrogens is 369 g/mol. The number of fused-ring (bicyclic) bond motifs is 1. The minimum atomic E-state index is -0.279. The van der Waals surface area contributed by atoms with Gasteiger partial charge in [-0.25, -0.2) is 9.18 Å². The lowest BCUT2D eigenvalue weighted by molar-refractivity contribution is -0.0155. The molecule has 1 aliphatic heterocycles. The lowest BCUT2D eigenvalue weighted by Crippen LogP contribution is -2.47. The number of aromatic nitrogens is 1. The zero-order valence-corrected chi connectivity index (χ0v) is 17.0. The van der Waals surface area contributed by atoms with Crippen molar-refractivity contribution < 1.29 is 13.9 Å². The topological polar surface area (TPSA) is 57.4 Å². The number of hydrogen-bond donors (Lipinski definition) is 2. The third kappa shape index (κ3) is 3.98. The molecule has 1 saturated heterocycles. The molecule has 1 unspecified atom stereocenters. The Bertz CT molecular complexity index is 1040. The Morgan fingerprint density at radius 2 is 2.00 bits per heavy atom. The highest BCUT2D eigenvalue weighted by atomic mass is 19.1. The first-order chi connectivity index (χ1) is 13.9. The van der Waals surface area contributed by atoms with Crippen LogP contribution in [0.4, 0.5) is 9.18 Å². The number of benzene rings is 2. The van der Waals surface area contributed by atoms with E-state index in [2.05, 4.69) is 43.2 Å². The SMILES string of the molecule is Cc1cc(CNC(=O)N2CCOC(c3ccc(F)cc3)C2)c2[nH]c(C)c(C)c2c1. The maximum Gasteiger partial charge on any atom is 0.317 e. The molecule has 1 aliphatic rings. The van der Waals surface area contributed by atoms with Crippen molar-refractivity contribution in [1.82, 2.24) is 15.2 Å². The normalized spacial score (nSPS) is 17.0. The van der Waals surface area contributed by atoms with Crippen LogP contribution in [-0.2, 0) is 11.3 Å². The van der Waals surface area contributed by atoms with Gasteiger partial charge in [-0.2, -0.15) is 0 Å². The van der Waals surface area contributed by atoms with E-state index in [1.165, 1.54) is 28.6 Å². The zero-order chi connectivity index (χ0) is 20.5. The van der Waals surface area contributed by atoms with Gasteiger partial charge < -0.3 is 19.9 Å².